The second-order valence-electron chi connectivity index (χ2n) is 2.91. The average Bonchev–Trinajstić information content (AvgIpc) is 2.16. The van der Waals surface area contributed by atoms with Crippen LogP contribution in [0, 0.1) is 11.6 Å². The fraction of sp³-hybridized carbons (Fsp3) is 0.333. The maximum atomic E-state index is 13.2. The minimum Gasteiger partial charge on any atom is -0.491 e. The van der Waals surface area contributed by atoms with Gasteiger partial charge in [0, 0.05) is 6.04 Å². The van der Waals surface area contributed by atoms with Gasteiger partial charge in [0.05, 0.1) is 7.11 Å². The third kappa shape index (κ3) is 2.00. The molecule has 0 heterocycles. The maximum absolute atomic E-state index is 13.2. The number of hydrazine groups is 1. The zero-order valence-electron chi connectivity index (χ0n) is 7.97. The van der Waals surface area contributed by atoms with Gasteiger partial charge in [-0.2, -0.15) is 0 Å². The topological polar surface area (TPSA) is 47.3 Å². The molecule has 0 fully saturated rings. The summed E-state index contributed by atoms with van der Waals surface area (Å²) in [5.41, 5.74) is 2.83. The van der Waals surface area contributed by atoms with Crippen molar-refractivity contribution in [1.29, 1.82) is 0 Å². The lowest BCUT2D eigenvalue weighted by atomic mass is 10.1. The molecule has 14 heavy (non-hydrogen) atoms. The van der Waals surface area contributed by atoms with Crippen LogP contribution in [0.15, 0.2) is 12.1 Å². The average molecular weight is 202 g/mol. The summed E-state index contributed by atoms with van der Waals surface area (Å²) in [6.45, 7) is 1.70. The summed E-state index contributed by atoms with van der Waals surface area (Å²) in [5.74, 6) is 3.31. The second kappa shape index (κ2) is 4.34. The van der Waals surface area contributed by atoms with E-state index in [1.54, 1.807) is 6.92 Å². The molecule has 0 unspecified atom stereocenters. The van der Waals surface area contributed by atoms with E-state index >= 15 is 0 Å². The largest absolute Gasteiger partial charge is 0.491 e. The molecule has 1 aromatic carbocycles. The van der Waals surface area contributed by atoms with Crippen molar-refractivity contribution in [2.45, 2.75) is 13.0 Å². The van der Waals surface area contributed by atoms with E-state index in [1.807, 2.05) is 0 Å². The SMILES string of the molecule is COc1c(F)cc([C@H](C)NN)cc1F. The minimum atomic E-state index is -0.732. The molecule has 0 bridgehead atoms. The van der Waals surface area contributed by atoms with E-state index < -0.39 is 11.6 Å². The lowest BCUT2D eigenvalue weighted by Gasteiger charge is -2.12. The van der Waals surface area contributed by atoms with Crippen LogP contribution < -0.4 is 16.0 Å². The fourth-order valence-electron chi connectivity index (χ4n) is 1.12. The number of nitrogens with one attached hydrogen (secondary N) is 1. The quantitative estimate of drug-likeness (QED) is 0.576. The van der Waals surface area contributed by atoms with E-state index in [9.17, 15) is 8.78 Å². The Morgan fingerprint density at radius 3 is 2.21 bits per heavy atom. The zero-order chi connectivity index (χ0) is 10.7. The molecule has 0 saturated heterocycles. The van der Waals surface area contributed by atoms with Crippen molar-refractivity contribution in [3.63, 3.8) is 0 Å². The van der Waals surface area contributed by atoms with Crippen molar-refractivity contribution in [1.82, 2.24) is 5.43 Å². The Kier molecular flexibility index (Phi) is 3.38. The zero-order valence-corrected chi connectivity index (χ0v) is 7.97. The number of methoxy groups -OCH3 is 1. The van der Waals surface area contributed by atoms with Gasteiger partial charge in [-0.05, 0) is 24.6 Å². The van der Waals surface area contributed by atoms with E-state index in [0.29, 0.717) is 5.56 Å². The number of ether oxygens (including phenoxy) is 1. The Morgan fingerprint density at radius 1 is 1.36 bits per heavy atom. The second-order valence-corrected chi connectivity index (χ2v) is 2.91. The van der Waals surface area contributed by atoms with Crippen LogP contribution in [0.4, 0.5) is 8.78 Å². The highest BCUT2D eigenvalue weighted by atomic mass is 19.1. The molecule has 0 radical (unpaired) electrons. The van der Waals surface area contributed by atoms with Crippen molar-refractivity contribution >= 4 is 0 Å². The molecular formula is C9H12F2N2O. The highest BCUT2D eigenvalue weighted by Gasteiger charge is 2.13. The molecule has 3 N–H and O–H groups in total. The minimum absolute atomic E-state index is 0.315. The molecule has 78 valence electrons. The Bertz CT molecular complexity index is 308. The van der Waals surface area contributed by atoms with Crippen molar-refractivity contribution < 1.29 is 13.5 Å². The van der Waals surface area contributed by atoms with Crippen LogP contribution >= 0.6 is 0 Å². The first kappa shape index (κ1) is 10.9. The van der Waals surface area contributed by atoms with Crippen LogP contribution in [0.2, 0.25) is 0 Å². The lowest BCUT2D eigenvalue weighted by Crippen LogP contribution is -2.25. The van der Waals surface area contributed by atoms with Crippen molar-refractivity contribution in [2.75, 3.05) is 7.11 Å². The highest BCUT2D eigenvalue weighted by Crippen LogP contribution is 2.25. The molecule has 1 aromatic rings. The Morgan fingerprint density at radius 2 is 1.86 bits per heavy atom. The van der Waals surface area contributed by atoms with Crippen LogP contribution in [-0.4, -0.2) is 7.11 Å². The third-order valence-corrected chi connectivity index (χ3v) is 1.97. The van der Waals surface area contributed by atoms with E-state index in [4.69, 9.17) is 5.84 Å². The molecular weight excluding hydrogens is 190 g/mol. The number of benzene rings is 1. The molecule has 0 aromatic heterocycles. The van der Waals surface area contributed by atoms with Crippen LogP contribution in [0.3, 0.4) is 0 Å². The van der Waals surface area contributed by atoms with Gasteiger partial charge in [-0.25, -0.2) is 8.78 Å². The number of hydrogen-bond acceptors (Lipinski definition) is 3. The van der Waals surface area contributed by atoms with Gasteiger partial charge in [0.25, 0.3) is 0 Å². The van der Waals surface area contributed by atoms with Crippen LogP contribution in [0.1, 0.15) is 18.5 Å². The van der Waals surface area contributed by atoms with E-state index in [-0.39, 0.29) is 11.8 Å². The van der Waals surface area contributed by atoms with Crippen LogP contribution in [0.5, 0.6) is 5.75 Å². The number of hydrogen-bond donors (Lipinski definition) is 2. The monoisotopic (exact) mass is 202 g/mol. The van der Waals surface area contributed by atoms with Crippen molar-refractivity contribution in [3.8, 4) is 5.75 Å². The Labute approximate surface area is 80.8 Å². The molecule has 0 spiro atoms. The summed E-state index contributed by atoms with van der Waals surface area (Å²) in [6, 6.07) is 2.06. The molecule has 0 saturated carbocycles. The van der Waals surface area contributed by atoms with Gasteiger partial charge in [-0.1, -0.05) is 0 Å². The van der Waals surface area contributed by atoms with E-state index in [0.717, 1.165) is 0 Å². The maximum Gasteiger partial charge on any atom is 0.190 e. The Balaban J connectivity index is 3.13. The number of nitrogens with two attached hydrogens (primary N) is 1. The summed E-state index contributed by atoms with van der Waals surface area (Å²) in [6.07, 6.45) is 0. The lowest BCUT2D eigenvalue weighted by molar-refractivity contribution is 0.358. The van der Waals surface area contributed by atoms with Crippen molar-refractivity contribution in [2.24, 2.45) is 5.84 Å². The molecule has 1 rings (SSSR count). The molecule has 0 aliphatic rings. The van der Waals surface area contributed by atoms with Gasteiger partial charge in [-0.3, -0.25) is 11.3 Å². The summed E-state index contributed by atoms with van der Waals surface area (Å²) in [7, 11) is 1.21. The van der Waals surface area contributed by atoms with Gasteiger partial charge < -0.3 is 4.74 Å². The fourth-order valence-corrected chi connectivity index (χ4v) is 1.12. The summed E-state index contributed by atoms with van der Waals surface area (Å²) in [5, 5.41) is 0. The normalized spacial score (nSPS) is 12.6. The van der Waals surface area contributed by atoms with E-state index in [2.05, 4.69) is 10.2 Å². The van der Waals surface area contributed by atoms with Crippen LogP contribution in [-0.2, 0) is 0 Å². The van der Waals surface area contributed by atoms with Crippen LogP contribution in [0.25, 0.3) is 0 Å². The van der Waals surface area contributed by atoms with Gasteiger partial charge in [0.15, 0.2) is 17.4 Å². The van der Waals surface area contributed by atoms with Gasteiger partial charge in [-0.15, -0.1) is 0 Å². The molecule has 5 heteroatoms. The predicted octanol–water partition coefficient (Wildman–Crippen LogP) is 1.50. The first-order valence-electron chi connectivity index (χ1n) is 4.09. The summed E-state index contributed by atoms with van der Waals surface area (Å²) < 4.78 is 30.9. The number of halogens is 2. The first-order valence-corrected chi connectivity index (χ1v) is 4.09. The van der Waals surface area contributed by atoms with E-state index in [1.165, 1.54) is 19.2 Å². The first-order chi connectivity index (χ1) is 6.60. The predicted molar refractivity (Wildman–Crippen MR) is 48.6 cm³/mol. The molecule has 0 aliphatic carbocycles. The van der Waals surface area contributed by atoms with Gasteiger partial charge in [0.1, 0.15) is 0 Å². The molecule has 0 amide bonds. The molecule has 0 aliphatic heterocycles. The molecule has 1 atom stereocenters. The summed E-state index contributed by atoms with van der Waals surface area (Å²) >= 11 is 0. The van der Waals surface area contributed by atoms with Crippen molar-refractivity contribution in [3.05, 3.63) is 29.3 Å². The highest BCUT2D eigenvalue weighted by molar-refractivity contribution is 5.32. The van der Waals surface area contributed by atoms with Gasteiger partial charge >= 0.3 is 0 Å². The third-order valence-electron chi connectivity index (χ3n) is 1.97. The standard InChI is InChI=1S/C9H12F2N2O/c1-5(13-12)6-3-7(10)9(14-2)8(11)4-6/h3-5,13H,12H2,1-2H3/t5-/m0/s1. The smallest absolute Gasteiger partial charge is 0.190 e. The molecule has 3 nitrogen and oxygen atoms in total. The summed E-state index contributed by atoms with van der Waals surface area (Å²) in [4.78, 5) is 0. The number of rotatable bonds is 3. The Hall–Kier alpha value is -1.20. The van der Waals surface area contributed by atoms with Gasteiger partial charge in [0.2, 0.25) is 0 Å².